The van der Waals surface area contributed by atoms with Crippen LogP contribution in [0.25, 0.3) is 0 Å². The molecule has 0 amide bonds. The van der Waals surface area contributed by atoms with Gasteiger partial charge in [0.05, 0.1) is 11.6 Å². The van der Waals surface area contributed by atoms with Crippen LogP contribution in [0.2, 0.25) is 0 Å². The van der Waals surface area contributed by atoms with Crippen LogP contribution < -0.4 is 0 Å². The third-order valence-electron chi connectivity index (χ3n) is 1.50. The number of nitriles is 1. The van der Waals surface area contributed by atoms with E-state index in [2.05, 4.69) is 0 Å². The lowest BCUT2D eigenvalue weighted by atomic mass is 10.1. The minimum absolute atomic E-state index is 0.354. The number of hydrogen-bond acceptors (Lipinski definition) is 2. The van der Waals surface area contributed by atoms with Crippen molar-refractivity contribution in [1.82, 2.24) is 0 Å². The zero-order valence-corrected chi connectivity index (χ0v) is 8.01. The fourth-order valence-electron chi connectivity index (χ4n) is 0.835. The molecule has 66 valence electrons. The highest BCUT2D eigenvalue weighted by atomic mass is 35.5. The summed E-state index contributed by atoms with van der Waals surface area (Å²) < 4.78 is 0. The van der Waals surface area contributed by atoms with Crippen LogP contribution >= 0.6 is 23.2 Å². The summed E-state index contributed by atoms with van der Waals surface area (Å²) in [6, 6.07) is 8.09. The first kappa shape index (κ1) is 10.0. The molecule has 0 radical (unpaired) electrons. The molecular weight excluding hydrogens is 209 g/mol. The van der Waals surface area contributed by atoms with Crippen LogP contribution in [0.4, 0.5) is 0 Å². The van der Waals surface area contributed by atoms with Gasteiger partial charge in [0.2, 0.25) is 0 Å². The Labute approximate surface area is 85.7 Å². The minimum atomic E-state index is -1.05. The van der Waals surface area contributed by atoms with Gasteiger partial charge < -0.3 is 0 Å². The van der Waals surface area contributed by atoms with E-state index < -0.39 is 4.84 Å². The van der Waals surface area contributed by atoms with Gasteiger partial charge in [0.15, 0.2) is 10.6 Å². The number of carbonyl (C=O) groups excluding carboxylic acids is 1. The van der Waals surface area contributed by atoms with Crippen LogP contribution in [0, 0.1) is 11.3 Å². The van der Waals surface area contributed by atoms with E-state index >= 15 is 0 Å². The number of halogens is 2. The molecular formula is C9H5Cl2NO. The fraction of sp³-hybridized carbons (Fsp3) is 0.111. The third kappa shape index (κ3) is 2.45. The van der Waals surface area contributed by atoms with E-state index in [4.69, 9.17) is 28.5 Å². The monoisotopic (exact) mass is 213 g/mol. The molecule has 0 bridgehead atoms. The number of ketones is 1. The van der Waals surface area contributed by atoms with Crippen molar-refractivity contribution in [1.29, 1.82) is 5.26 Å². The van der Waals surface area contributed by atoms with Crippen molar-refractivity contribution in [3.63, 3.8) is 0 Å². The van der Waals surface area contributed by atoms with Crippen molar-refractivity contribution in [2.24, 2.45) is 0 Å². The van der Waals surface area contributed by atoms with Gasteiger partial charge in [-0.15, -0.1) is 0 Å². The Balaban J connectivity index is 2.94. The summed E-state index contributed by atoms with van der Waals surface area (Å²) in [5.41, 5.74) is 0.909. The molecule has 13 heavy (non-hydrogen) atoms. The lowest BCUT2D eigenvalue weighted by molar-refractivity contribution is 0.101. The van der Waals surface area contributed by atoms with E-state index in [9.17, 15) is 4.79 Å². The number of Topliss-reactive ketones (excluding diaryl/α,β-unsaturated/α-hetero) is 1. The number of nitrogens with zero attached hydrogens (tertiary/aromatic N) is 1. The van der Waals surface area contributed by atoms with Gasteiger partial charge in [0.25, 0.3) is 0 Å². The maximum Gasteiger partial charge on any atom is 0.195 e. The lowest BCUT2D eigenvalue weighted by Gasteiger charge is -1.99. The van der Waals surface area contributed by atoms with E-state index in [1.54, 1.807) is 12.1 Å². The second-order valence-electron chi connectivity index (χ2n) is 2.35. The molecule has 0 spiro atoms. The maximum absolute atomic E-state index is 11.2. The van der Waals surface area contributed by atoms with Crippen molar-refractivity contribution >= 4 is 29.0 Å². The fourth-order valence-corrected chi connectivity index (χ4v) is 1.09. The smallest absolute Gasteiger partial charge is 0.195 e. The summed E-state index contributed by atoms with van der Waals surface area (Å²) >= 11 is 10.8. The van der Waals surface area contributed by atoms with E-state index in [-0.39, 0.29) is 5.78 Å². The number of carbonyl (C=O) groups is 1. The molecule has 0 aromatic heterocycles. The molecule has 1 aromatic rings. The van der Waals surface area contributed by atoms with Crippen LogP contribution in [0.1, 0.15) is 15.9 Å². The predicted octanol–water partition coefficient (Wildman–Crippen LogP) is 2.54. The summed E-state index contributed by atoms with van der Waals surface area (Å²) in [4.78, 5) is 10.1. The van der Waals surface area contributed by atoms with E-state index in [0.717, 1.165) is 0 Å². The third-order valence-corrected chi connectivity index (χ3v) is 1.89. The van der Waals surface area contributed by atoms with Crippen molar-refractivity contribution in [2.45, 2.75) is 4.84 Å². The first-order valence-electron chi connectivity index (χ1n) is 3.47. The van der Waals surface area contributed by atoms with Gasteiger partial charge in [-0.2, -0.15) is 5.26 Å². The van der Waals surface area contributed by atoms with Crippen LogP contribution in [-0.4, -0.2) is 10.6 Å². The molecule has 0 saturated heterocycles. The lowest BCUT2D eigenvalue weighted by Crippen LogP contribution is -2.07. The Morgan fingerprint density at radius 3 is 2.23 bits per heavy atom. The van der Waals surface area contributed by atoms with Gasteiger partial charge in [-0.3, -0.25) is 4.79 Å². The summed E-state index contributed by atoms with van der Waals surface area (Å²) in [7, 11) is 0. The number of hydrogen-bond donors (Lipinski definition) is 0. The molecule has 0 unspecified atom stereocenters. The van der Waals surface area contributed by atoms with Crippen LogP contribution in [0.5, 0.6) is 0 Å². The average molecular weight is 214 g/mol. The zero-order valence-electron chi connectivity index (χ0n) is 6.50. The topological polar surface area (TPSA) is 40.9 Å². The molecule has 1 rings (SSSR count). The molecule has 0 fully saturated rings. The summed E-state index contributed by atoms with van der Waals surface area (Å²) in [5.74, 6) is -0.354. The van der Waals surface area contributed by atoms with Crippen molar-refractivity contribution in [3.05, 3.63) is 35.4 Å². The number of benzene rings is 1. The van der Waals surface area contributed by atoms with Crippen LogP contribution in [0.15, 0.2) is 24.3 Å². The van der Waals surface area contributed by atoms with Crippen LogP contribution in [-0.2, 0) is 0 Å². The predicted molar refractivity (Wildman–Crippen MR) is 51.0 cm³/mol. The molecule has 0 saturated carbocycles. The first-order valence-corrected chi connectivity index (χ1v) is 4.35. The minimum Gasteiger partial charge on any atom is -0.291 e. The molecule has 1 aromatic carbocycles. The quantitative estimate of drug-likeness (QED) is 0.560. The van der Waals surface area contributed by atoms with Gasteiger partial charge in [0.1, 0.15) is 0 Å². The summed E-state index contributed by atoms with van der Waals surface area (Å²) in [6.45, 7) is 0. The van der Waals surface area contributed by atoms with Crippen molar-refractivity contribution < 1.29 is 4.79 Å². The Bertz CT molecular complexity index is 351. The highest BCUT2D eigenvalue weighted by Gasteiger charge is 2.13. The highest BCUT2D eigenvalue weighted by Crippen LogP contribution is 2.12. The van der Waals surface area contributed by atoms with Gasteiger partial charge in [-0.1, -0.05) is 23.2 Å². The largest absolute Gasteiger partial charge is 0.291 e. The molecule has 2 nitrogen and oxygen atoms in total. The van der Waals surface area contributed by atoms with Gasteiger partial charge in [-0.25, -0.2) is 0 Å². The first-order chi connectivity index (χ1) is 6.15. The molecule has 0 heterocycles. The number of alkyl halides is 2. The SMILES string of the molecule is N#Cc1ccc(C(=O)C(Cl)Cl)cc1. The van der Waals surface area contributed by atoms with Crippen molar-refractivity contribution in [3.8, 4) is 6.07 Å². The Kier molecular flexibility index (Phi) is 3.30. The summed E-state index contributed by atoms with van der Waals surface area (Å²) in [6.07, 6.45) is 0. The average Bonchev–Trinajstić information content (AvgIpc) is 2.17. The van der Waals surface area contributed by atoms with E-state index in [0.29, 0.717) is 11.1 Å². The van der Waals surface area contributed by atoms with E-state index in [1.165, 1.54) is 12.1 Å². The van der Waals surface area contributed by atoms with Gasteiger partial charge >= 0.3 is 0 Å². The molecule has 0 aliphatic carbocycles. The van der Waals surface area contributed by atoms with Gasteiger partial charge in [0, 0.05) is 5.56 Å². The Morgan fingerprint density at radius 1 is 1.31 bits per heavy atom. The molecule has 4 heteroatoms. The zero-order chi connectivity index (χ0) is 9.84. The molecule has 0 N–H and O–H groups in total. The van der Waals surface area contributed by atoms with E-state index in [1.807, 2.05) is 6.07 Å². The van der Waals surface area contributed by atoms with Crippen LogP contribution in [0.3, 0.4) is 0 Å². The molecule has 0 atom stereocenters. The normalized spacial score (nSPS) is 9.69. The Hall–Kier alpha value is -1.04. The van der Waals surface area contributed by atoms with Crippen molar-refractivity contribution in [2.75, 3.05) is 0 Å². The maximum atomic E-state index is 11.2. The second kappa shape index (κ2) is 4.27. The number of rotatable bonds is 2. The summed E-state index contributed by atoms with van der Waals surface area (Å²) in [5, 5.41) is 8.49. The molecule has 0 aliphatic rings. The second-order valence-corrected chi connectivity index (χ2v) is 3.45. The van der Waals surface area contributed by atoms with Gasteiger partial charge in [-0.05, 0) is 24.3 Å². The molecule has 0 aliphatic heterocycles. The standard InChI is InChI=1S/C9H5Cl2NO/c10-9(11)8(13)7-3-1-6(5-12)2-4-7/h1-4,9H. The highest BCUT2D eigenvalue weighted by molar-refractivity contribution is 6.55. The Morgan fingerprint density at radius 2 is 1.85 bits per heavy atom.